The number of hydrogen-bond acceptors (Lipinski definition) is 6. The van der Waals surface area contributed by atoms with Crippen LogP contribution in [0, 0.1) is 0 Å². The van der Waals surface area contributed by atoms with Gasteiger partial charge in [-0.1, -0.05) is 5.21 Å². The molecule has 2 rings (SSSR count). The van der Waals surface area contributed by atoms with E-state index in [1.165, 1.54) is 4.68 Å². The molecule has 1 aliphatic heterocycles. The van der Waals surface area contributed by atoms with E-state index in [1.54, 1.807) is 0 Å². The molecule has 3 N–H and O–H groups in total. The highest BCUT2D eigenvalue weighted by molar-refractivity contribution is 6.01. The van der Waals surface area contributed by atoms with Crippen molar-refractivity contribution in [3.63, 3.8) is 0 Å². The summed E-state index contributed by atoms with van der Waals surface area (Å²) in [5, 5.41) is 16.1. The molecular weight excluding hydrogens is 254 g/mol. The van der Waals surface area contributed by atoms with E-state index in [0.717, 1.165) is 4.90 Å². The normalized spacial score (nSPS) is 15.3. The Bertz CT molecular complexity index is 522. The third kappa shape index (κ3) is 2.45. The van der Waals surface area contributed by atoms with Gasteiger partial charge in [0.05, 0.1) is 12.2 Å². The van der Waals surface area contributed by atoms with E-state index in [2.05, 4.69) is 10.3 Å². The van der Waals surface area contributed by atoms with Crippen molar-refractivity contribution in [2.75, 3.05) is 6.54 Å². The first-order chi connectivity index (χ1) is 9.04. The van der Waals surface area contributed by atoms with Crippen LogP contribution in [0.25, 0.3) is 0 Å². The molecule has 0 saturated carbocycles. The molecule has 0 aromatic carbocycles. The predicted molar refractivity (Wildman–Crippen MR) is 60.8 cm³/mol. The molecule has 0 spiro atoms. The summed E-state index contributed by atoms with van der Waals surface area (Å²) in [7, 11) is 0. The van der Waals surface area contributed by atoms with Gasteiger partial charge in [0.1, 0.15) is 0 Å². The van der Waals surface area contributed by atoms with Crippen LogP contribution >= 0.6 is 0 Å². The average molecular weight is 267 g/mol. The Morgan fingerprint density at radius 2 is 1.89 bits per heavy atom. The van der Waals surface area contributed by atoms with Gasteiger partial charge < -0.3 is 10.8 Å². The molecule has 0 unspecified atom stereocenters. The summed E-state index contributed by atoms with van der Waals surface area (Å²) in [6.07, 6.45) is 0.445. The van der Waals surface area contributed by atoms with Crippen molar-refractivity contribution >= 4 is 17.8 Å². The van der Waals surface area contributed by atoms with E-state index in [4.69, 9.17) is 10.8 Å². The van der Waals surface area contributed by atoms with Crippen LogP contribution in [0.2, 0.25) is 0 Å². The van der Waals surface area contributed by atoms with Crippen molar-refractivity contribution in [3.8, 4) is 0 Å². The minimum absolute atomic E-state index is 0.0312. The van der Waals surface area contributed by atoms with Crippen molar-refractivity contribution in [2.24, 2.45) is 5.73 Å². The van der Waals surface area contributed by atoms with Gasteiger partial charge in [0.2, 0.25) is 11.8 Å². The molecule has 1 aromatic heterocycles. The minimum Gasteiger partial charge on any atom is -0.476 e. The number of carboxylic acid groups (broad SMARTS) is 1. The van der Waals surface area contributed by atoms with E-state index in [9.17, 15) is 14.4 Å². The van der Waals surface area contributed by atoms with Gasteiger partial charge in [0, 0.05) is 25.9 Å². The Balaban J connectivity index is 2.09. The summed E-state index contributed by atoms with van der Waals surface area (Å²) < 4.78 is 1.31. The first-order valence-electron chi connectivity index (χ1n) is 5.73. The molecule has 0 atom stereocenters. The monoisotopic (exact) mass is 267 g/mol. The van der Waals surface area contributed by atoms with Crippen LogP contribution in [0.3, 0.4) is 0 Å². The summed E-state index contributed by atoms with van der Waals surface area (Å²) in [6, 6.07) is 0. The summed E-state index contributed by atoms with van der Waals surface area (Å²) in [4.78, 5) is 34.8. The Morgan fingerprint density at radius 3 is 2.42 bits per heavy atom. The zero-order valence-electron chi connectivity index (χ0n) is 10.1. The zero-order valence-corrected chi connectivity index (χ0v) is 10.1. The third-order valence-corrected chi connectivity index (χ3v) is 2.92. The second-order valence-electron chi connectivity index (χ2n) is 4.06. The molecular formula is C10H13N5O4. The highest BCUT2D eigenvalue weighted by Crippen LogP contribution is 2.12. The summed E-state index contributed by atoms with van der Waals surface area (Å²) in [6.45, 7) is 0.300. The Hall–Kier alpha value is -2.29. The number of aromatic carboxylic acids is 1. The maximum atomic E-state index is 11.4. The Labute approximate surface area is 108 Å². The van der Waals surface area contributed by atoms with Crippen LogP contribution < -0.4 is 5.73 Å². The van der Waals surface area contributed by atoms with Crippen molar-refractivity contribution in [1.29, 1.82) is 0 Å². The fraction of sp³-hybridized carbons (Fsp3) is 0.500. The molecule has 9 nitrogen and oxygen atoms in total. The quantitative estimate of drug-likeness (QED) is 0.626. The van der Waals surface area contributed by atoms with Gasteiger partial charge in [-0.25, -0.2) is 9.48 Å². The molecule has 2 amide bonds. The van der Waals surface area contributed by atoms with E-state index in [0.29, 0.717) is 0 Å². The maximum absolute atomic E-state index is 11.4. The number of carboxylic acids is 1. The van der Waals surface area contributed by atoms with Gasteiger partial charge >= 0.3 is 5.97 Å². The van der Waals surface area contributed by atoms with Crippen molar-refractivity contribution < 1.29 is 19.5 Å². The fourth-order valence-electron chi connectivity index (χ4n) is 1.95. The summed E-state index contributed by atoms with van der Waals surface area (Å²) in [5.41, 5.74) is 5.52. The number of aromatic nitrogens is 3. The first-order valence-corrected chi connectivity index (χ1v) is 5.73. The van der Waals surface area contributed by atoms with E-state index in [1.807, 2.05) is 0 Å². The fourth-order valence-corrected chi connectivity index (χ4v) is 1.95. The van der Waals surface area contributed by atoms with E-state index >= 15 is 0 Å². The molecule has 0 radical (unpaired) electrons. The largest absolute Gasteiger partial charge is 0.476 e. The predicted octanol–water partition coefficient (Wildman–Crippen LogP) is -1.42. The number of carbonyl (C=O) groups is 3. The lowest BCUT2D eigenvalue weighted by Gasteiger charge is -2.14. The minimum atomic E-state index is -1.21. The number of carbonyl (C=O) groups excluding carboxylic acids is 2. The lowest BCUT2D eigenvalue weighted by atomic mass is 10.3. The van der Waals surface area contributed by atoms with Crippen LogP contribution in [-0.2, 0) is 22.7 Å². The number of likely N-dealkylation sites (tertiary alicyclic amines) is 1. The van der Waals surface area contributed by atoms with Gasteiger partial charge in [-0.3, -0.25) is 14.5 Å². The number of nitrogens with two attached hydrogens (primary N) is 1. The topological polar surface area (TPSA) is 131 Å². The SMILES string of the molecule is NCc1c(C(=O)O)nnn1CCN1C(=O)CCC1=O. The van der Waals surface area contributed by atoms with Gasteiger partial charge in [0.15, 0.2) is 5.69 Å². The van der Waals surface area contributed by atoms with Crippen molar-refractivity contribution in [2.45, 2.75) is 25.9 Å². The smallest absolute Gasteiger partial charge is 0.358 e. The van der Waals surface area contributed by atoms with Gasteiger partial charge in [-0.2, -0.15) is 0 Å². The van der Waals surface area contributed by atoms with Crippen LogP contribution in [0.4, 0.5) is 0 Å². The Morgan fingerprint density at radius 1 is 1.26 bits per heavy atom. The van der Waals surface area contributed by atoms with Gasteiger partial charge in [-0.15, -0.1) is 5.10 Å². The maximum Gasteiger partial charge on any atom is 0.358 e. The third-order valence-electron chi connectivity index (χ3n) is 2.92. The molecule has 19 heavy (non-hydrogen) atoms. The summed E-state index contributed by atoms with van der Waals surface area (Å²) in [5.74, 6) is -1.66. The molecule has 1 fully saturated rings. The molecule has 1 aliphatic rings. The molecule has 9 heteroatoms. The standard InChI is InChI=1S/C10H13N5O4/c11-5-6-9(10(18)19)12-13-15(6)4-3-14-7(16)1-2-8(14)17/h1-5,11H2,(H,18,19). The zero-order chi connectivity index (χ0) is 14.0. The first kappa shape index (κ1) is 13.1. The number of hydrogen-bond donors (Lipinski definition) is 2. The second kappa shape index (κ2) is 5.14. The van der Waals surface area contributed by atoms with Gasteiger partial charge in [0.25, 0.3) is 0 Å². The number of nitrogens with zero attached hydrogens (tertiary/aromatic N) is 4. The van der Waals surface area contributed by atoms with Crippen LogP contribution in [0.5, 0.6) is 0 Å². The number of amides is 2. The molecule has 1 saturated heterocycles. The molecule has 2 heterocycles. The van der Waals surface area contributed by atoms with Crippen LogP contribution in [0.15, 0.2) is 0 Å². The second-order valence-corrected chi connectivity index (χ2v) is 4.06. The van der Waals surface area contributed by atoms with Crippen molar-refractivity contribution in [3.05, 3.63) is 11.4 Å². The molecule has 0 bridgehead atoms. The van der Waals surface area contributed by atoms with Crippen LogP contribution in [0.1, 0.15) is 29.0 Å². The average Bonchev–Trinajstić information content (AvgIpc) is 2.91. The molecule has 1 aromatic rings. The van der Waals surface area contributed by atoms with Crippen molar-refractivity contribution in [1.82, 2.24) is 19.9 Å². The molecule has 0 aliphatic carbocycles. The summed E-state index contributed by atoms with van der Waals surface area (Å²) >= 11 is 0. The Kier molecular flexibility index (Phi) is 3.56. The van der Waals surface area contributed by atoms with Gasteiger partial charge in [-0.05, 0) is 0 Å². The highest BCUT2D eigenvalue weighted by atomic mass is 16.4. The highest BCUT2D eigenvalue weighted by Gasteiger charge is 2.29. The number of imide groups is 1. The molecule has 102 valence electrons. The lowest BCUT2D eigenvalue weighted by Crippen LogP contribution is -2.33. The number of rotatable bonds is 5. The van der Waals surface area contributed by atoms with Crippen LogP contribution in [-0.4, -0.2) is 49.3 Å². The van der Waals surface area contributed by atoms with E-state index < -0.39 is 5.97 Å². The van der Waals surface area contributed by atoms with E-state index in [-0.39, 0.29) is 55.7 Å². The lowest BCUT2D eigenvalue weighted by molar-refractivity contribution is -0.138.